The second kappa shape index (κ2) is 9.54. The molecule has 0 spiro atoms. The Kier molecular flexibility index (Phi) is 7.37. The largest absolute Gasteiger partial charge is 0.494 e. The van der Waals surface area contributed by atoms with Crippen LogP contribution in [0, 0.1) is 5.82 Å². The van der Waals surface area contributed by atoms with Gasteiger partial charge in [-0.25, -0.2) is 4.39 Å². The first kappa shape index (κ1) is 22.4. The molecule has 0 radical (unpaired) electrons. The number of rotatable bonds is 7. The van der Waals surface area contributed by atoms with Crippen LogP contribution in [-0.4, -0.2) is 25.5 Å². The molecule has 6 heteroatoms. The maximum Gasteiger partial charge on any atom is 0.251 e. The lowest BCUT2D eigenvalue weighted by molar-refractivity contribution is -0.121. The summed E-state index contributed by atoms with van der Waals surface area (Å²) in [4.78, 5) is 24.4. The number of hydrogen-bond acceptors (Lipinski definition) is 3. The lowest BCUT2D eigenvalue weighted by atomic mass is 9.87. The smallest absolute Gasteiger partial charge is 0.251 e. The quantitative estimate of drug-likeness (QED) is 0.734. The van der Waals surface area contributed by atoms with E-state index in [9.17, 15) is 14.0 Å². The van der Waals surface area contributed by atoms with Crippen molar-refractivity contribution in [2.75, 3.05) is 13.7 Å². The molecule has 0 bridgehead atoms. The van der Waals surface area contributed by atoms with Crippen molar-refractivity contribution in [2.24, 2.45) is 0 Å². The van der Waals surface area contributed by atoms with Gasteiger partial charge in [-0.05, 0) is 47.7 Å². The summed E-state index contributed by atoms with van der Waals surface area (Å²) in [6, 6.07) is 11.7. The van der Waals surface area contributed by atoms with E-state index in [1.165, 1.54) is 19.2 Å². The normalized spacial score (nSPS) is 12.2. The molecule has 0 aliphatic carbocycles. The molecule has 0 aliphatic rings. The first-order valence-electron chi connectivity index (χ1n) is 9.63. The summed E-state index contributed by atoms with van der Waals surface area (Å²) in [6.45, 7) is 8.33. The molecular formula is C23H29FN2O3. The number of nitrogens with one attached hydrogen (secondary N) is 2. The van der Waals surface area contributed by atoms with Crippen molar-refractivity contribution in [1.82, 2.24) is 10.6 Å². The van der Waals surface area contributed by atoms with Crippen LogP contribution in [0.25, 0.3) is 0 Å². The first-order chi connectivity index (χ1) is 13.6. The van der Waals surface area contributed by atoms with Gasteiger partial charge in [-0.1, -0.05) is 39.0 Å². The Morgan fingerprint density at radius 3 is 2.31 bits per heavy atom. The Bertz CT molecular complexity index is 857. The van der Waals surface area contributed by atoms with Crippen LogP contribution in [0.2, 0.25) is 0 Å². The van der Waals surface area contributed by atoms with Crippen molar-refractivity contribution >= 4 is 11.8 Å². The van der Waals surface area contributed by atoms with Crippen LogP contribution in [-0.2, 0) is 10.2 Å². The lowest BCUT2D eigenvalue weighted by Crippen LogP contribution is -2.32. The minimum atomic E-state index is -0.476. The maximum atomic E-state index is 13.8. The van der Waals surface area contributed by atoms with E-state index >= 15 is 0 Å². The number of benzene rings is 2. The second-order valence-electron chi connectivity index (χ2n) is 8.02. The van der Waals surface area contributed by atoms with E-state index in [1.54, 1.807) is 25.1 Å². The Labute approximate surface area is 171 Å². The van der Waals surface area contributed by atoms with Gasteiger partial charge < -0.3 is 15.4 Å². The number of carbonyl (C=O) groups excluding carboxylic acids is 2. The fraction of sp³-hybridized carbons (Fsp3) is 0.391. The third-order valence-corrected chi connectivity index (χ3v) is 4.70. The summed E-state index contributed by atoms with van der Waals surface area (Å²) < 4.78 is 18.7. The Balaban J connectivity index is 1.81. The monoisotopic (exact) mass is 400 g/mol. The molecule has 0 saturated heterocycles. The van der Waals surface area contributed by atoms with Crippen LogP contribution in [0.15, 0.2) is 42.5 Å². The van der Waals surface area contributed by atoms with Crippen molar-refractivity contribution in [3.8, 4) is 5.75 Å². The molecule has 2 aromatic rings. The van der Waals surface area contributed by atoms with Gasteiger partial charge in [-0.15, -0.1) is 0 Å². The highest BCUT2D eigenvalue weighted by atomic mass is 19.1. The first-order valence-corrected chi connectivity index (χ1v) is 9.63. The van der Waals surface area contributed by atoms with Gasteiger partial charge in [0.1, 0.15) is 0 Å². The average Bonchev–Trinajstić information content (AvgIpc) is 2.67. The molecule has 156 valence electrons. The van der Waals surface area contributed by atoms with Crippen LogP contribution >= 0.6 is 0 Å². The van der Waals surface area contributed by atoms with Gasteiger partial charge >= 0.3 is 0 Å². The zero-order valence-electron chi connectivity index (χ0n) is 17.6. The van der Waals surface area contributed by atoms with E-state index in [0.717, 1.165) is 5.56 Å². The van der Waals surface area contributed by atoms with E-state index in [-0.39, 0.29) is 42.0 Å². The Morgan fingerprint density at radius 1 is 1.10 bits per heavy atom. The molecule has 0 heterocycles. The second-order valence-corrected chi connectivity index (χ2v) is 8.02. The molecule has 2 N–H and O–H groups in total. The zero-order chi connectivity index (χ0) is 21.6. The lowest BCUT2D eigenvalue weighted by Gasteiger charge is -2.19. The van der Waals surface area contributed by atoms with Gasteiger partial charge in [-0.3, -0.25) is 9.59 Å². The van der Waals surface area contributed by atoms with E-state index in [2.05, 4.69) is 31.4 Å². The highest BCUT2D eigenvalue weighted by Gasteiger charge is 2.15. The number of halogens is 1. The summed E-state index contributed by atoms with van der Waals surface area (Å²) in [5.74, 6) is -0.762. The molecule has 0 saturated carbocycles. The molecule has 29 heavy (non-hydrogen) atoms. The number of ether oxygens (including phenoxy) is 1. The SMILES string of the molecule is COc1ccc([C@@H](C)NC(=O)CCNC(=O)c2ccc(C(C)(C)C)cc2)cc1F. The molecule has 2 aromatic carbocycles. The fourth-order valence-electron chi connectivity index (χ4n) is 2.86. The highest BCUT2D eigenvalue weighted by molar-refractivity contribution is 5.94. The van der Waals surface area contributed by atoms with Gasteiger partial charge in [-0.2, -0.15) is 0 Å². The molecule has 0 fully saturated rings. The van der Waals surface area contributed by atoms with E-state index < -0.39 is 5.82 Å². The molecule has 0 aliphatic heterocycles. The summed E-state index contributed by atoms with van der Waals surface area (Å²) >= 11 is 0. The summed E-state index contributed by atoms with van der Waals surface area (Å²) in [5.41, 5.74) is 2.37. The standard InChI is InChI=1S/C23H29FN2O3/c1-15(17-8-11-20(29-5)19(24)14-17)26-21(27)12-13-25-22(28)16-6-9-18(10-7-16)23(2,3)4/h6-11,14-15H,12-13H2,1-5H3,(H,25,28)(H,26,27)/t15-/m1/s1. The van der Waals surface area contributed by atoms with Crippen molar-refractivity contribution in [3.63, 3.8) is 0 Å². The third-order valence-electron chi connectivity index (χ3n) is 4.70. The highest BCUT2D eigenvalue weighted by Crippen LogP contribution is 2.23. The molecule has 0 aromatic heterocycles. The molecule has 0 unspecified atom stereocenters. The molecule has 5 nitrogen and oxygen atoms in total. The van der Waals surface area contributed by atoms with E-state index in [1.807, 2.05) is 12.1 Å². The van der Waals surface area contributed by atoms with Gasteiger partial charge in [0.15, 0.2) is 11.6 Å². The van der Waals surface area contributed by atoms with Crippen molar-refractivity contribution in [2.45, 2.75) is 45.6 Å². The number of methoxy groups -OCH3 is 1. The number of amides is 2. The van der Waals surface area contributed by atoms with Gasteiger partial charge in [0.2, 0.25) is 5.91 Å². The topological polar surface area (TPSA) is 67.4 Å². The van der Waals surface area contributed by atoms with Gasteiger partial charge in [0, 0.05) is 18.5 Å². The van der Waals surface area contributed by atoms with Crippen molar-refractivity contribution < 1.29 is 18.7 Å². The van der Waals surface area contributed by atoms with E-state index in [0.29, 0.717) is 11.1 Å². The van der Waals surface area contributed by atoms with Crippen molar-refractivity contribution in [1.29, 1.82) is 0 Å². The van der Waals surface area contributed by atoms with Crippen LogP contribution in [0.3, 0.4) is 0 Å². The predicted octanol–water partition coefficient (Wildman–Crippen LogP) is 4.13. The van der Waals surface area contributed by atoms with Crippen LogP contribution in [0.4, 0.5) is 4.39 Å². The van der Waals surface area contributed by atoms with Gasteiger partial charge in [0.25, 0.3) is 5.91 Å². The zero-order valence-corrected chi connectivity index (χ0v) is 17.6. The van der Waals surface area contributed by atoms with Crippen LogP contribution < -0.4 is 15.4 Å². The maximum absolute atomic E-state index is 13.8. The number of carbonyl (C=O) groups is 2. The Morgan fingerprint density at radius 2 is 1.76 bits per heavy atom. The van der Waals surface area contributed by atoms with Gasteiger partial charge in [0.05, 0.1) is 13.2 Å². The molecule has 2 rings (SSSR count). The number of hydrogen-bond donors (Lipinski definition) is 2. The van der Waals surface area contributed by atoms with E-state index in [4.69, 9.17) is 4.74 Å². The molecule has 1 atom stereocenters. The van der Waals surface area contributed by atoms with Crippen LogP contribution in [0.1, 0.15) is 61.6 Å². The average molecular weight is 400 g/mol. The summed E-state index contributed by atoms with van der Waals surface area (Å²) in [7, 11) is 1.40. The summed E-state index contributed by atoms with van der Waals surface area (Å²) in [6.07, 6.45) is 0.134. The molecule has 2 amide bonds. The third kappa shape index (κ3) is 6.31. The summed E-state index contributed by atoms with van der Waals surface area (Å²) in [5, 5.41) is 5.55. The van der Waals surface area contributed by atoms with Crippen molar-refractivity contribution in [3.05, 3.63) is 65.0 Å². The molecular weight excluding hydrogens is 371 g/mol. The minimum absolute atomic E-state index is 0.0244. The Hall–Kier alpha value is -2.89. The fourth-order valence-corrected chi connectivity index (χ4v) is 2.86. The predicted molar refractivity (Wildman–Crippen MR) is 112 cm³/mol. The van der Waals surface area contributed by atoms with Crippen LogP contribution in [0.5, 0.6) is 5.75 Å². The minimum Gasteiger partial charge on any atom is -0.494 e.